The van der Waals surface area contributed by atoms with Gasteiger partial charge in [-0.1, -0.05) is 0 Å². The smallest absolute Gasteiger partial charge is 0.407 e. The molecule has 0 atom stereocenters. The molecule has 0 aliphatic carbocycles. The van der Waals surface area contributed by atoms with Crippen molar-refractivity contribution in [3.63, 3.8) is 0 Å². The topological polar surface area (TPSA) is 120 Å². The van der Waals surface area contributed by atoms with Gasteiger partial charge in [-0.15, -0.1) is 0 Å². The molecule has 0 aliphatic heterocycles. The molecule has 0 fully saturated rings. The Hall–Kier alpha value is -2.84. The summed E-state index contributed by atoms with van der Waals surface area (Å²) >= 11 is 0. The number of nitrogens with one attached hydrogen (secondary N) is 2. The van der Waals surface area contributed by atoms with Crippen LogP contribution in [-0.2, 0) is 16.1 Å². The van der Waals surface area contributed by atoms with Gasteiger partial charge < -0.3 is 20.1 Å². The number of ether oxygens (including phenoxy) is 2. The predicted molar refractivity (Wildman–Crippen MR) is 85.5 cm³/mol. The summed E-state index contributed by atoms with van der Waals surface area (Å²) < 4.78 is 9.99. The molecule has 0 aliphatic rings. The van der Waals surface area contributed by atoms with Gasteiger partial charge in [-0.05, 0) is 38.5 Å². The van der Waals surface area contributed by atoms with E-state index in [4.69, 9.17) is 9.47 Å². The second-order valence-corrected chi connectivity index (χ2v) is 5.86. The minimum atomic E-state index is -0.653. The molecule has 24 heavy (non-hydrogen) atoms. The third-order valence-electron chi connectivity index (χ3n) is 2.58. The zero-order chi connectivity index (χ0) is 18.2. The van der Waals surface area contributed by atoms with Crippen molar-refractivity contribution in [1.82, 2.24) is 10.6 Å². The largest absolute Gasteiger partial charge is 0.445 e. The minimum Gasteiger partial charge on any atom is -0.445 e. The van der Waals surface area contributed by atoms with E-state index in [2.05, 4.69) is 10.6 Å². The van der Waals surface area contributed by atoms with E-state index in [-0.39, 0.29) is 25.4 Å². The number of carbonyl (C=O) groups is 2. The summed E-state index contributed by atoms with van der Waals surface area (Å²) in [7, 11) is 0. The lowest BCUT2D eigenvalue weighted by Crippen LogP contribution is -2.38. The summed E-state index contributed by atoms with van der Waals surface area (Å²) in [4.78, 5) is 32.9. The van der Waals surface area contributed by atoms with Gasteiger partial charge >= 0.3 is 12.2 Å². The van der Waals surface area contributed by atoms with E-state index in [0.717, 1.165) is 0 Å². The molecule has 0 bridgehead atoms. The predicted octanol–water partition coefficient (Wildman–Crippen LogP) is 2.35. The number of nitro groups is 1. The highest BCUT2D eigenvalue weighted by molar-refractivity contribution is 5.68. The van der Waals surface area contributed by atoms with Gasteiger partial charge in [0, 0.05) is 25.2 Å². The summed E-state index contributed by atoms with van der Waals surface area (Å²) in [6.45, 7) is 5.62. The van der Waals surface area contributed by atoms with E-state index in [0.29, 0.717) is 5.56 Å². The molecule has 0 heterocycles. The van der Waals surface area contributed by atoms with E-state index in [1.54, 1.807) is 20.8 Å². The first-order valence-electron chi connectivity index (χ1n) is 7.28. The summed E-state index contributed by atoms with van der Waals surface area (Å²) in [5.41, 5.74) is 0.0142. The third-order valence-corrected chi connectivity index (χ3v) is 2.58. The molecule has 0 saturated heterocycles. The summed E-state index contributed by atoms with van der Waals surface area (Å²) in [6.07, 6.45) is -1.22. The van der Waals surface area contributed by atoms with Crippen molar-refractivity contribution in [2.45, 2.75) is 33.0 Å². The first kappa shape index (κ1) is 19.2. The Balaban J connectivity index is 2.20. The molecule has 0 saturated carbocycles. The van der Waals surface area contributed by atoms with Crippen LogP contribution in [0.15, 0.2) is 24.3 Å². The fourth-order valence-corrected chi connectivity index (χ4v) is 1.56. The Bertz CT molecular complexity index is 580. The van der Waals surface area contributed by atoms with Crippen LogP contribution in [0, 0.1) is 10.1 Å². The highest BCUT2D eigenvalue weighted by Crippen LogP contribution is 2.12. The molecular formula is C15H21N3O6. The van der Waals surface area contributed by atoms with E-state index in [1.165, 1.54) is 24.3 Å². The zero-order valence-electron chi connectivity index (χ0n) is 13.8. The fourth-order valence-electron chi connectivity index (χ4n) is 1.56. The Kier molecular flexibility index (Phi) is 6.97. The van der Waals surface area contributed by atoms with E-state index >= 15 is 0 Å². The van der Waals surface area contributed by atoms with E-state index < -0.39 is 22.7 Å². The van der Waals surface area contributed by atoms with Crippen molar-refractivity contribution in [2.75, 3.05) is 13.1 Å². The van der Waals surface area contributed by atoms with Gasteiger partial charge in [-0.3, -0.25) is 10.1 Å². The number of benzene rings is 1. The molecule has 0 aromatic heterocycles. The number of hydrogen-bond donors (Lipinski definition) is 2. The Morgan fingerprint density at radius 3 is 2.12 bits per heavy atom. The monoisotopic (exact) mass is 339 g/mol. The number of nitrogens with zero attached hydrogens (tertiary/aromatic N) is 1. The van der Waals surface area contributed by atoms with Crippen molar-refractivity contribution in [3.05, 3.63) is 39.9 Å². The summed E-state index contributed by atoms with van der Waals surface area (Å²) in [5.74, 6) is 0. The lowest BCUT2D eigenvalue weighted by molar-refractivity contribution is -0.384. The molecular weight excluding hydrogens is 318 g/mol. The minimum absolute atomic E-state index is 0.0106. The molecule has 0 unspecified atom stereocenters. The van der Waals surface area contributed by atoms with Gasteiger partial charge in [0.15, 0.2) is 0 Å². The first-order valence-corrected chi connectivity index (χ1v) is 7.28. The maximum absolute atomic E-state index is 11.5. The van der Waals surface area contributed by atoms with Crippen LogP contribution in [0.3, 0.4) is 0 Å². The van der Waals surface area contributed by atoms with Crippen molar-refractivity contribution in [1.29, 1.82) is 0 Å². The highest BCUT2D eigenvalue weighted by atomic mass is 16.6. The van der Waals surface area contributed by atoms with Crippen LogP contribution in [0.1, 0.15) is 26.3 Å². The number of alkyl carbamates (subject to hydrolysis) is 2. The van der Waals surface area contributed by atoms with Gasteiger partial charge in [0.2, 0.25) is 0 Å². The van der Waals surface area contributed by atoms with Gasteiger partial charge in [0.25, 0.3) is 5.69 Å². The van der Waals surface area contributed by atoms with Crippen LogP contribution in [0.25, 0.3) is 0 Å². The van der Waals surface area contributed by atoms with Gasteiger partial charge in [0.1, 0.15) is 12.2 Å². The SMILES string of the molecule is CC(C)(C)OC(=O)NCCNC(=O)OCc1ccc([N+](=O)[O-])cc1. The second kappa shape index (κ2) is 8.70. The molecule has 1 rings (SSSR count). The maximum Gasteiger partial charge on any atom is 0.407 e. The second-order valence-electron chi connectivity index (χ2n) is 5.86. The molecule has 1 aromatic rings. The third kappa shape index (κ3) is 7.97. The average Bonchev–Trinajstić information content (AvgIpc) is 2.48. The van der Waals surface area contributed by atoms with E-state index in [9.17, 15) is 19.7 Å². The number of nitro benzene ring substituents is 1. The molecule has 0 radical (unpaired) electrons. The lowest BCUT2D eigenvalue weighted by atomic mass is 10.2. The van der Waals surface area contributed by atoms with Crippen LogP contribution in [0.2, 0.25) is 0 Å². The number of non-ortho nitro benzene ring substituents is 1. The standard InChI is InChI=1S/C15H21N3O6/c1-15(2,3)24-14(20)17-9-8-16-13(19)23-10-11-4-6-12(7-5-11)18(21)22/h4-7H,8-10H2,1-3H3,(H,16,19)(H,17,20). The number of rotatable bonds is 6. The van der Waals surface area contributed by atoms with Crippen molar-refractivity contribution in [3.8, 4) is 0 Å². The molecule has 132 valence electrons. The van der Waals surface area contributed by atoms with Crippen LogP contribution in [0.5, 0.6) is 0 Å². The Labute approximate surface area is 139 Å². The van der Waals surface area contributed by atoms with Gasteiger partial charge in [0.05, 0.1) is 4.92 Å². The van der Waals surface area contributed by atoms with Crippen LogP contribution in [-0.4, -0.2) is 35.8 Å². The molecule has 0 spiro atoms. The van der Waals surface area contributed by atoms with Gasteiger partial charge in [-0.25, -0.2) is 9.59 Å². The normalized spacial score (nSPS) is 10.6. The quantitative estimate of drug-likeness (QED) is 0.466. The molecule has 9 heteroatoms. The van der Waals surface area contributed by atoms with Gasteiger partial charge in [-0.2, -0.15) is 0 Å². The molecule has 1 aromatic carbocycles. The Morgan fingerprint density at radius 2 is 1.62 bits per heavy atom. The maximum atomic E-state index is 11.5. The molecule has 9 nitrogen and oxygen atoms in total. The van der Waals surface area contributed by atoms with Crippen molar-refractivity contribution in [2.24, 2.45) is 0 Å². The van der Waals surface area contributed by atoms with Crippen LogP contribution < -0.4 is 10.6 Å². The number of carbonyl (C=O) groups excluding carboxylic acids is 2. The molecule has 2 amide bonds. The lowest BCUT2D eigenvalue weighted by Gasteiger charge is -2.19. The van der Waals surface area contributed by atoms with Crippen LogP contribution >= 0.6 is 0 Å². The number of hydrogen-bond acceptors (Lipinski definition) is 6. The van der Waals surface area contributed by atoms with E-state index in [1.807, 2.05) is 0 Å². The number of amides is 2. The van der Waals surface area contributed by atoms with Crippen molar-refractivity contribution < 1.29 is 24.0 Å². The van der Waals surface area contributed by atoms with Crippen molar-refractivity contribution >= 4 is 17.9 Å². The average molecular weight is 339 g/mol. The first-order chi connectivity index (χ1) is 11.2. The fraction of sp³-hybridized carbons (Fsp3) is 0.467. The Morgan fingerprint density at radius 1 is 1.08 bits per heavy atom. The summed E-state index contributed by atoms with van der Waals surface area (Å²) in [6, 6.07) is 5.69. The van der Waals surface area contributed by atoms with Crippen LogP contribution in [0.4, 0.5) is 15.3 Å². The highest BCUT2D eigenvalue weighted by Gasteiger charge is 2.15. The summed E-state index contributed by atoms with van der Waals surface area (Å²) in [5, 5.41) is 15.5. The molecule has 2 N–H and O–H groups in total. The zero-order valence-corrected chi connectivity index (χ0v) is 13.8.